The normalized spacial score (nSPS) is 11.7. The number of fused-ring (bicyclic) bond motifs is 1. The Kier molecular flexibility index (Phi) is 3.42. The number of aryl methyl sites for hydroxylation is 1. The van der Waals surface area contributed by atoms with Crippen LogP contribution in [0, 0.1) is 13.8 Å². The van der Waals surface area contributed by atoms with Gasteiger partial charge in [-0.1, -0.05) is 11.6 Å². The van der Waals surface area contributed by atoms with Gasteiger partial charge in [0.2, 0.25) is 0 Å². The number of nitrogens with zero attached hydrogens (tertiary/aromatic N) is 1. The van der Waals surface area contributed by atoms with Crippen molar-refractivity contribution in [3.63, 3.8) is 0 Å². The zero-order valence-corrected chi connectivity index (χ0v) is 12.5. The number of hydrogen-bond donors (Lipinski definition) is 0. The second-order valence-electron chi connectivity index (χ2n) is 5.95. The molecule has 0 aliphatic heterocycles. The van der Waals surface area contributed by atoms with Crippen LogP contribution in [0.15, 0.2) is 18.2 Å². The molecule has 0 saturated heterocycles. The molecule has 20 heavy (non-hydrogen) atoms. The molecule has 0 fully saturated rings. The molecule has 0 atom stereocenters. The van der Waals surface area contributed by atoms with Crippen molar-refractivity contribution in [1.82, 2.24) is 4.57 Å². The van der Waals surface area contributed by atoms with Crippen molar-refractivity contribution in [2.45, 2.75) is 40.2 Å². The summed E-state index contributed by atoms with van der Waals surface area (Å²) in [6.45, 7) is 9.15. The van der Waals surface area contributed by atoms with Gasteiger partial charge in [-0.15, -0.1) is 0 Å². The molecule has 0 N–H and O–H groups in total. The van der Waals surface area contributed by atoms with E-state index in [1.54, 1.807) is 6.92 Å². The van der Waals surface area contributed by atoms with Gasteiger partial charge in [0.05, 0.1) is 5.52 Å². The second kappa shape index (κ2) is 4.78. The van der Waals surface area contributed by atoms with Gasteiger partial charge < -0.3 is 4.74 Å². The lowest BCUT2D eigenvalue weighted by Gasteiger charge is -2.20. The molecule has 4 heteroatoms. The molecule has 0 radical (unpaired) electrons. The zero-order chi connectivity index (χ0) is 15.1. The summed E-state index contributed by atoms with van der Waals surface area (Å²) < 4.78 is 6.87. The van der Waals surface area contributed by atoms with Gasteiger partial charge in [-0.25, -0.2) is 9.36 Å². The Morgan fingerprint density at radius 3 is 2.45 bits per heavy atom. The molecule has 0 unspecified atom stereocenters. The molecule has 0 amide bonds. The predicted molar refractivity (Wildman–Crippen MR) is 78.4 cm³/mol. The van der Waals surface area contributed by atoms with Crippen LogP contribution in [-0.2, 0) is 4.74 Å². The van der Waals surface area contributed by atoms with E-state index in [0.717, 1.165) is 17.2 Å². The monoisotopic (exact) mass is 273 g/mol. The van der Waals surface area contributed by atoms with Crippen molar-refractivity contribution in [3.8, 4) is 0 Å². The van der Waals surface area contributed by atoms with E-state index in [9.17, 15) is 9.59 Å². The van der Waals surface area contributed by atoms with Crippen LogP contribution in [0.25, 0.3) is 10.9 Å². The molecule has 1 aromatic heterocycles. The SMILES string of the molecule is Cc1ccc2c(c1)c(C=O)c(C)n2C(=O)OC(C)(C)C. The van der Waals surface area contributed by atoms with Crippen molar-refractivity contribution < 1.29 is 14.3 Å². The summed E-state index contributed by atoms with van der Waals surface area (Å²) in [6.07, 6.45) is 0.329. The fourth-order valence-electron chi connectivity index (χ4n) is 2.25. The lowest BCUT2D eigenvalue weighted by Crippen LogP contribution is -2.27. The van der Waals surface area contributed by atoms with E-state index >= 15 is 0 Å². The van der Waals surface area contributed by atoms with Gasteiger partial charge in [0.15, 0.2) is 6.29 Å². The number of ether oxygens (including phenoxy) is 1. The highest BCUT2D eigenvalue weighted by Crippen LogP contribution is 2.26. The standard InChI is InChI=1S/C16H19NO3/c1-10-6-7-14-12(8-10)13(9-18)11(2)17(14)15(19)20-16(3,4)5/h6-9H,1-5H3. The van der Waals surface area contributed by atoms with Crippen LogP contribution in [0.4, 0.5) is 4.79 Å². The number of carbonyl (C=O) groups is 2. The third kappa shape index (κ3) is 2.46. The maximum atomic E-state index is 12.3. The van der Waals surface area contributed by atoms with Crippen molar-refractivity contribution in [2.75, 3.05) is 0 Å². The number of aromatic nitrogens is 1. The molecule has 1 aromatic carbocycles. The summed E-state index contributed by atoms with van der Waals surface area (Å²) in [7, 11) is 0. The summed E-state index contributed by atoms with van der Waals surface area (Å²) in [4.78, 5) is 23.6. The summed E-state index contributed by atoms with van der Waals surface area (Å²) in [5.41, 5.74) is 2.31. The highest BCUT2D eigenvalue weighted by atomic mass is 16.6. The minimum atomic E-state index is -0.577. The third-order valence-corrected chi connectivity index (χ3v) is 3.10. The van der Waals surface area contributed by atoms with Crippen molar-refractivity contribution in [3.05, 3.63) is 35.0 Å². The molecule has 0 aliphatic rings. The molecular weight excluding hydrogens is 254 g/mol. The Bertz CT molecular complexity index is 690. The number of benzene rings is 1. The van der Waals surface area contributed by atoms with Crippen molar-refractivity contribution in [2.24, 2.45) is 0 Å². The molecule has 2 rings (SSSR count). The highest BCUT2D eigenvalue weighted by molar-refractivity contribution is 6.03. The van der Waals surface area contributed by atoms with Crippen LogP contribution < -0.4 is 0 Å². The first-order valence-corrected chi connectivity index (χ1v) is 6.55. The quantitative estimate of drug-likeness (QED) is 0.741. The summed E-state index contributed by atoms with van der Waals surface area (Å²) in [5, 5.41) is 0.781. The topological polar surface area (TPSA) is 48.3 Å². The highest BCUT2D eigenvalue weighted by Gasteiger charge is 2.23. The Hall–Kier alpha value is -2.10. The fourth-order valence-corrected chi connectivity index (χ4v) is 2.25. The van der Waals surface area contributed by atoms with Gasteiger partial charge in [0, 0.05) is 16.6 Å². The average molecular weight is 273 g/mol. The average Bonchev–Trinajstić information content (AvgIpc) is 2.57. The minimum Gasteiger partial charge on any atom is -0.443 e. The van der Waals surface area contributed by atoms with Gasteiger partial charge in [-0.2, -0.15) is 0 Å². The van der Waals surface area contributed by atoms with E-state index in [0.29, 0.717) is 16.8 Å². The second-order valence-corrected chi connectivity index (χ2v) is 5.95. The Labute approximate surface area is 118 Å². The van der Waals surface area contributed by atoms with Gasteiger partial charge in [0.1, 0.15) is 5.60 Å². The lowest BCUT2D eigenvalue weighted by atomic mass is 10.1. The van der Waals surface area contributed by atoms with Gasteiger partial charge in [-0.3, -0.25) is 4.79 Å². The number of carbonyl (C=O) groups excluding carboxylic acids is 2. The van der Waals surface area contributed by atoms with Crippen LogP contribution in [0.5, 0.6) is 0 Å². The van der Waals surface area contributed by atoms with E-state index in [4.69, 9.17) is 4.74 Å². The van der Waals surface area contributed by atoms with E-state index in [-0.39, 0.29) is 0 Å². The number of hydrogen-bond acceptors (Lipinski definition) is 3. The maximum absolute atomic E-state index is 12.3. The van der Waals surface area contributed by atoms with Crippen molar-refractivity contribution in [1.29, 1.82) is 0 Å². The Morgan fingerprint density at radius 1 is 1.25 bits per heavy atom. The number of aldehydes is 1. The fraction of sp³-hybridized carbons (Fsp3) is 0.375. The molecule has 0 bridgehead atoms. The number of rotatable bonds is 1. The van der Waals surface area contributed by atoms with Crippen LogP contribution in [0.2, 0.25) is 0 Å². The zero-order valence-electron chi connectivity index (χ0n) is 12.5. The Balaban J connectivity index is 2.67. The molecule has 4 nitrogen and oxygen atoms in total. The first-order valence-electron chi connectivity index (χ1n) is 6.55. The van der Waals surface area contributed by atoms with Crippen molar-refractivity contribution >= 4 is 23.3 Å². The molecule has 0 saturated carbocycles. The maximum Gasteiger partial charge on any atom is 0.419 e. The molecule has 106 valence electrons. The van der Waals surface area contributed by atoms with Crippen LogP contribution in [-0.4, -0.2) is 22.5 Å². The van der Waals surface area contributed by atoms with E-state index in [2.05, 4.69) is 0 Å². The molecule has 2 aromatic rings. The van der Waals surface area contributed by atoms with Gasteiger partial charge in [0.25, 0.3) is 0 Å². The van der Waals surface area contributed by atoms with E-state index in [1.807, 2.05) is 45.9 Å². The van der Waals surface area contributed by atoms with Gasteiger partial charge in [-0.05, 0) is 46.8 Å². The lowest BCUT2D eigenvalue weighted by molar-refractivity contribution is 0.0541. The summed E-state index contributed by atoms with van der Waals surface area (Å²) >= 11 is 0. The van der Waals surface area contributed by atoms with E-state index in [1.165, 1.54) is 4.57 Å². The largest absolute Gasteiger partial charge is 0.443 e. The first kappa shape index (κ1) is 14.3. The molecule has 0 aliphatic carbocycles. The van der Waals surface area contributed by atoms with Gasteiger partial charge >= 0.3 is 6.09 Å². The van der Waals surface area contributed by atoms with Crippen LogP contribution in [0.1, 0.15) is 42.4 Å². The smallest absolute Gasteiger partial charge is 0.419 e. The predicted octanol–water partition coefficient (Wildman–Crippen LogP) is 3.85. The minimum absolute atomic E-state index is 0.461. The summed E-state index contributed by atoms with van der Waals surface area (Å²) in [6, 6.07) is 5.67. The van der Waals surface area contributed by atoms with E-state index < -0.39 is 11.7 Å². The molecule has 1 heterocycles. The summed E-state index contributed by atoms with van der Waals surface area (Å²) in [5.74, 6) is 0. The third-order valence-electron chi connectivity index (χ3n) is 3.10. The molecule has 0 spiro atoms. The molecular formula is C16H19NO3. The Morgan fingerprint density at radius 2 is 1.90 bits per heavy atom. The van der Waals surface area contributed by atoms with Crippen LogP contribution in [0.3, 0.4) is 0 Å². The first-order chi connectivity index (χ1) is 9.24. The van der Waals surface area contributed by atoms with Crippen LogP contribution >= 0.6 is 0 Å².